The first kappa shape index (κ1) is 18.2. The van der Waals surface area contributed by atoms with Crippen LogP contribution in [0.3, 0.4) is 0 Å². The van der Waals surface area contributed by atoms with Crippen LogP contribution in [-0.4, -0.2) is 54.4 Å². The number of aromatic nitrogens is 2. The van der Waals surface area contributed by atoms with Crippen LogP contribution >= 0.6 is 0 Å². The minimum Gasteiger partial charge on any atom is -0.383 e. The highest BCUT2D eigenvalue weighted by molar-refractivity contribution is 5.79. The van der Waals surface area contributed by atoms with Crippen molar-refractivity contribution in [3.05, 3.63) is 54.1 Å². The molecule has 0 amide bonds. The SMILES string of the molecule is COC[C@@H]1CC[C@@H](COC)N1Cc1ccc(-c2nc3ccccc3[nH]2)cc1. The minimum atomic E-state index is 0.463. The standard InChI is InChI=1S/C22H27N3O2/c1-26-14-18-11-12-19(15-27-2)25(18)13-16-7-9-17(10-8-16)22-23-20-5-3-4-6-21(20)24-22/h3-10,18-19H,11-15H2,1-2H3,(H,23,24)/t18-,19-/m0/s1. The Balaban J connectivity index is 1.51. The van der Waals surface area contributed by atoms with Gasteiger partial charge in [-0.3, -0.25) is 4.90 Å². The van der Waals surface area contributed by atoms with Crippen LogP contribution in [0.4, 0.5) is 0 Å². The molecule has 1 fully saturated rings. The number of fused-ring (bicyclic) bond motifs is 1. The Hall–Kier alpha value is -2.21. The van der Waals surface area contributed by atoms with Crippen LogP contribution in [0.5, 0.6) is 0 Å². The molecule has 2 aromatic carbocycles. The van der Waals surface area contributed by atoms with E-state index in [1.54, 1.807) is 14.2 Å². The van der Waals surface area contributed by atoms with Gasteiger partial charge in [0.2, 0.25) is 0 Å². The lowest BCUT2D eigenvalue weighted by Crippen LogP contribution is -2.40. The maximum Gasteiger partial charge on any atom is 0.138 e. The molecule has 0 unspecified atom stereocenters. The molecule has 0 saturated carbocycles. The maximum absolute atomic E-state index is 5.43. The summed E-state index contributed by atoms with van der Waals surface area (Å²) in [6.45, 7) is 2.47. The van der Waals surface area contributed by atoms with E-state index in [1.807, 2.05) is 18.2 Å². The van der Waals surface area contributed by atoms with Crippen LogP contribution in [0.1, 0.15) is 18.4 Å². The Kier molecular flexibility index (Phi) is 5.53. The summed E-state index contributed by atoms with van der Waals surface area (Å²) in [6, 6.07) is 17.8. The highest BCUT2D eigenvalue weighted by Crippen LogP contribution is 2.28. The van der Waals surface area contributed by atoms with Gasteiger partial charge >= 0.3 is 0 Å². The Morgan fingerprint density at radius 1 is 0.963 bits per heavy atom. The number of imidazole rings is 1. The van der Waals surface area contributed by atoms with Crippen molar-refractivity contribution in [1.29, 1.82) is 0 Å². The monoisotopic (exact) mass is 365 g/mol. The van der Waals surface area contributed by atoms with Crippen LogP contribution in [0.15, 0.2) is 48.5 Å². The molecule has 1 saturated heterocycles. The summed E-state index contributed by atoms with van der Waals surface area (Å²) < 4.78 is 10.9. The van der Waals surface area contributed by atoms with Crippen LogP contribution in [0.2, 0.25) is 0 Å². The van der Waals surface area contributed by atoms with Crippen molar-refractivity contribution < 1.29 is 9.47 Å². The fourth-order valence-corrected chi connectivity index (χ4v) is 4.08. The molecule has 3 aromatic rings. The van der Waals surface area contributed by atoms with Crippen molar-refractivity contribution >= 4 is 11.0 Å². The smallest absolute Gasteiger partial charge is 0.138 e. The van der Waals surface area contributed by atoms with Gasteiger partial charge in [-0.25, -0.2) is 4.98 Å². The number of benzene rings is 2. The number of nitrogens with one attached hydrogen (secondary N) is 1. The van der Waals surface area contributed by atoms with E-state index in [1.165, 1.54) is 18.4 Å². The lowest BCUT2D eigenvalue weighted by molar-refractivity contribution is 0.0580. The quantitative estimate of drug-likeness (QED) is 0.691. The van der Waals surface area contributed by atoms with E-state index in [0.717, 1.165) is 42.2 Å². The molecule has 0 spiro atoms. The van der Waals surface area contributed by atoms with Gasteiger partial charge in [0.1, 0.15) is 5.82 Å². The summed E-state index contributed by atoms with van der Waals surface area (Å²) in [6.07, 6.45) is 2.33. The number of ether oxygens (including phenoxy) is 2. The summed E-state index contributed by atoms with van der Waals surface area (Å²) in [7, 11) is 3.56. The van der Waals surface area contributed by atoms with Crippen molar-refractivity contribution in [2.75, 3.05) is 27.4 Å². The molecule has 5 nitrogen and oxygen atoms in total. The molecule has 2 atom stereocenters. The van der Waals surface area contributed by atoms with E-state index >= 15 is 0 Å². The van der Waals surface area contributed by atoms with Gasteiger partial charge in [-0.15, -0.1) is 0 Å². The number of rotatable bonds is 7. The number of H-pyrrole nitrogens is 1. The van der Waals surface area contributed by atoms with Crippen molar-refractivity contribution in [3.8, 4) is 11.4 Å². The van der Waals surface area contributed by atoms with Gasteiger partial charge in [-0.1, -0.05) is 36.4 Å². The van der Waals surface area contributed by atoms with Crippen LogP contribution in [0, 0.1) is 0 Å². The fourth-order valence-electron chi connectivity index (χ4n) is 4.08. The normalized spacial score (nSPS) is 20.5. The average molecular weight is 365 g/mol. The molecular weight excluding hydrogens is 338 g/mol. The van der Waals surface area contributed by atoms with Gasteiger partial charge in [0, 0.05) is 38.4 Å². The number of aromatic amines is 1. The summed E-state index contributed by atoms with van der Waals surface area (Å²) >= 11 is 0. The predicted molar refractivity (Wildman–Crippen MR) is 108 cm³/mol. The molecule has 1 N–H and O–H groups in total. The molecular formula is C22H27N3O2. The average Bonchev–Trinajstić information content (AvgIpc) is 3.28. The fraction of sp³-hybridized carbons (Fsp3) is 0.409. The molecule has 1 aliphatic heterocycles. The Morgan fingerprint density at radius 3 is 2.26 bits per heavy atom. The van der Waals surface area contributed by atoms with E-state index in [-0.39, 0.29) is 0 Å². The van der Waals surface area contributed by atoms with Crippen LogP contribution in [0.25, 0.3) is 22.4 Å². The molecule has 1 aromatic heterocycles. The Bertz CT molecular complexity index is 828. The molecule has 5 heteroatoms. The van der Waals surface area contributed by atoms with E-state index < -0.39 is 0 Å². The lowest BCUT2D eigenvalue weighted by Gasteiger charge is -2.29. The molecule has 0 bridgehead atoms. The third-order valence-corrected chi connectivity index (χ3v) is 5.47. The van der Waals surface area contributed by atoms with Crippen molar-refractivity contribution in [2.24, 2.45) is 0 Å². The Morgan fingerprint density at radius 2 is 1.63 bits per heavy atom. The number of hydrogen-bond donors (Lipinski definition) is 1. The molecule has 27 heavy (non-hydrogen) atoms. The first-order chi connectivity index (χ1) is 13.3. The van der Waals surface area contributed by atoms with Crippen molar-refractivity contribution in [1.82, 2.24) is 14.9 Å². The molecule has 0 aliphatic carbocycles. The largest absolute Gasteiger partial charge is 0.383 e. The number of nitrogens with zero attached hydrogens (tertiary/aromatic N) is 2. The summed E-state index contributed by atoms with van der Waals surface area (Å²) in [5.74, 6) is 0.915. The van der Waals surface area contributed by atoms with E-state index in [2.05, 4.69) is 45.2 Å². The third kappa shape index (κ3) is 3.90. The topological polar surface area (TPSA) is 50.4 Å². The van der Waals surface area contributed by atoms with Gasteiger partial charge in [-0.05, 0) is 30.5 Å². The second-order valence-electron chi connectivity index (χ2n) is 7.27. The first-order valence-corrected chi connectivity index (χ1v) is 9.56. The zero-order valence-corrected chi connectivity index (χ0v) is 16.0. The third-order valence-electron chi connectivity index (χ3n) is 5.47. The zero-order valence-electron chi connectivity index (χ0n) is 16.0. The van der Waals surface area contributed by atoms with Crippen molar-refractivity contribution in [3.63, 3.8) is 0 Å². The second kappa shape index (κ2) is 8.21. The highest BCUT2D eigenvalue weighted by atomic mass is 16.5. The second-order valence-corrected chi connectivity index (χ2v) is 7.27. The van der Waals surface area contributed by atoms with Gasteiger partial charge in [0.15, 0.2) is 0 Å². The molecule has 0 radical (unpaired) electrons. The zero-order chi connectivity index (χ0) is 18.6. The molecule has 4 rings (SSSR count). The van der Waals surface area contributed by atoms with Gasteiger partial charge in [0.05, 0.1) is 24.2 Å². The highest BCUT2D eigenvalue weighted by Gasteiger charge is 2.33. The predicted octanol–water partition coefficient (Wildman–Crippen LogP) is 3.86. The number of hydrogen-bond acceptors (Lipinski definition) is 4. The number of para-hydroxylation sites is 2. The molecule has 2 heterocycles. The molecule has 1 aliphatic rings. The van der Waals surface area contributed by atoms with Crippen LogP contribution in [-0.2, 0) is 16.0 Å². The Labute approximate surface area is 160 Å². The van der Waals surface area contributed by atoms with Gasteiger partial charge in [-0.2, -0.15) is 0 Å². The maximum atomic E-state index is 5.43. The summed E-state index contributed by atoms with van der Waals surface area (Å²) in [5, 5.41) is 0. The van der Waals surface area contributed by atoms with E-state index in [9.17, 15) is 0 Å². The molecule has 142 valence electrons. The van der Waals surface area contributed by atoms with E-state index in [0.29, 0.717) is 12.1 Å². The van der Waals surface area contributed by atoms with Gasteiger partial charge in [0.25, 0.3) is 0 Å². The first-order valence-electron chi connectivity index (χ1n) is 9.56. The number of likely N-dealkylation sites (tertiary alicyclic amines) is 1. The minimum absolute atomic E-state index is 0.463. The number of methoxy groups -OCH3 is 2. The lowest BCUT2D eigenvalue weighted by atomic mass is 10.1. The summed E-state index contributed by atoms with van der Waals surface area (Å²) in [4.78, 5) is 10.6. The van der Waals surface area contributed by atoms with E-state index in [4.69, 9.17) is 9.47 Å². The van der Waals surface area contributed by atoms with Crippen molar-refractivity contribution in [2.45, 2.75) is 31.5 Å². The summed E-state index contributed by atoms with van der Waals surface area (Å²) in [5.41, 5.74) is 4.48. The van der Waals surface area contributed by atoms with Crippen LogP contribution < -0.4 is 0 Å². The van der Waals surface area contributed by atoms with Gasteiger partial charge < -0.3 is 14.5 Å².